The first-order valence-electron chi connectivity index (χ1n) is 9.75. The average Bonchev–Trinajstić information content (AvgIpc) is 2.72. The maximum atomic E-state index is 6.15. The van der Waals surface area contributed by atoms with E-state index in [9.17, 15) is 0 Å². The number of halogens is 1. The van der Waals surface area contributed by atoms with Crippen molar-refractivity contribution in [3.63, 3.8) is 0 Å². The zero-order valence-corrected chi connectivity index (χ0v) is 16.5. The largest absolute Gasteiger partial charge is 0.497 e. The topological polar surface area (TPSA) is 33.7 Å². The highest BCUT2D eigenvalue weighted by Crippen LogP contribution is 2.33. The molecule has 144 valence electrons. The molecule has 2 aliphatic heterocycles. The van der Waals surface area contributed by atoms with E-state index in [1.165, 1.54) is 16.8 Å². The van der Waals surface area contributed by atoms with Crippen molar-refractivity contribution in [3.8, 4) is 5.75 Å². The lowest BCUT2D eigenvalue weighted by Crippen LogP contribution is -2.50. The summed E-state index contributed by atoms with van der Waals surface area (Å²) in [4.78, 5) is 2.45. The Morgan fingerprint density at radius 1 is 1.19 bits per heavy atom. The fourth-order valence-electron chi connectivity index (χ4n) is 4.14. The van der Waals surface area contributed by atoms with E-state index in [1.54, 1.807) is 7.11 Å². The van der Waals surface area contributed by atoms with Crippen molar-refractivity contribution >= 4 is 17.3 Å². The summed E-state index contributed by atoms with van der Waals surface area (Å²) >= 11 is 6.15. The van der Waals surface area contributed by atoms with Gasteiger partial charge in [-0.05, 0) is 66.8 Å². The van der Waals surface area contributed by atoms with Gasteiger partial charge in [0.2, 0.25) is 0 Å². The molecule has 1 N–H and O–H groups in total. The van der Waals surface area contributed by atoms with Gasteiger partial charge < -0.3 is 19.7 Å². The first-order chi connectivity index (χ1) is 13.2. The van der Waals surface area contributed by atoms with Crippen molar-refractivity contribution in [2.45, 2.75) is 31.4 Å². The molecule has 0 bridgehead atoms. The molecule has 2 unspecified atom stereocenters. The molecular weight excluding hydrogens is 360 g/mol. The van der Waals surface area contributed by atoms with Gasteiger partial charge in [0.15, 0.2) is 0 Å². The Kier molecular flexibility index (Phi) is 5.86. The van der Waals surface area contributed by atoms with Gasteiger partial charge in [0, 0.05) is 36.4 Å². The fourth-order valence-corrected chi connectivity index (χ4v) is 4.34. The van der Waals surface area contributed by atoms with Gasteiger partial charge in [-0.15, -0.1) is 0 Å². The van der Waals surface area contributed by atoms with Crippen molar-refractivity contribution in [1.82, 2.24) is 5.32 Å². The average molecular weight is 387 g/mol. The van der Waals surface area contributed by atoms with E-state index in [1.807, 2.05) is 18.2 Å². The molecule has 2 aromatic carbocycles. The van der Waals surface area contributed by atoms with Crippen LogP contribution in [0, 0.1) is 0 Å². The number of benzene rings is 2. The van der Waals surface area contributed by atoms with E-state index in [2.05, 4.69) is 34.5 Å². The number of fused-ring (bicyclic) bond motifs is 1. The van der Waals surface area contributed by atoms with Gasteiger partial charge >= 0.3 is 0 Å². The Labute approximate surface area is 166 Å². The summed E-state index contributed by atoms with van der Waals surface area (Å²) in [6.45, 7) is 3.85. The molecule has 0 saturated carbocycles. The summed E-state index contributed by atoms with van der Waals surface area (Å²) in [5.74, 6) is 0.902. The van der Waals surface area contributed by atoms with Crippen LogP contribution in [-0.4, -0.2) is 39.4 Å². The Morgan fingerprint density at radius 2 is 2.04 bits per heavy atom. The second-order valence-electron chi connectivity index (χ2n) is 7.33. The highest BCUT2D eigenvalue weighted by Gasteiger charge is 2.24. The zero-order chi connectivity index (χ0) is 18.6. The molecule has 1 saturated heterocycles. The third kappa shape index (κ3) is 4.40. The molecule has 0 spiro atoms. The van der Waals surface area contributed by atoms with E-state index in [0.29, 0.717) is 6.04 Å². The van der Waals surface area contributed by atoms with Crippen molar-refractivity contribution in [3.05, 3.63) is 58.6 Å². The number of methoxy groups -OCH3 is 1. The molecule has 2 atom stereocenters. The molecule has 2 heterocycles. The number of piperazine rings is 1. The standard InChI is InChI=1S/C22H27ClN2O2/c1-26-20-6-4-19(5-7-20)25-12-11-24-18(15-25)3-9-22-21-8-2-17(23)14-16(21)10-13-27-22/h2,4-8,14,18,22,24H,3,9-13,15H2,1H3. The van der Waals surface area contributed by atoms with Crippen molar-refractivity contribution in [2.75, 3.05) is 38.3 Å². The highest BCUT2D eigenvalue weighted by molar-refractivity contribution is 6.30. The van der Waals surface area contributed by atoms with Crippen molar-refractivity contribution < 1.29 is 9.47 Å². The molecule has 0 radical (unpaired) electrons. The summed E-state index contributed by atoms with van der Waals surface area (Å²) in [7, 11) is 1.70. The van der Waals surface area contributed by atoms with Crippen LogP contribution in [0.4, 0.5) is 5.69 Å². The van der Waals surface area contributed by atoms with Crippen LogP contribution < -0.4 is 15.0 Å². The molecule has 1 fully saturated rings. The van der Waals surface area contributed by atoms with Crippen LogP contribution in [0.1, 0.15) is 30.1 Å². The molecule has 0 aromatic heterocycles. The zero-order valence-electron chi connectivity index (χ0n) is 15.8. The van der Waals surface area contributed by atoms with E-state index < -0.39 is 0 Å². The minimum atomic E-state index is 0.184. The van der Waals surface area contributed by atoms with Gasteiger partial charge in [-0.1, -0.05) is 17.7 Å². The third-order valence-electron chi connectivity index (χ3n) is 5.61. The summed E-state index contributed by atoms with van der Waals surface area (Å²) in [5.41, 5.74) is 3.92. The number of hydrogen-bond acceptors (Lipinski definition) is 4. The summed E-state index contributed by atoms with van der Waals surface area (Å²) in [6, 6.07) is 15.0. The Hall–Kier alpha value is -1.75. The number of hydrogen-bond donors (Lipinski definition) is 1. The first-order valence-corrected chi connectivity index (χ1v) is 10.1. The predicted molar refractivity (Wildman–Crippen MR) is 110 cm³/mol. The molecule has 4 nitrogen and oxygen atoms in total. The van der Waals surface area contributed by atoms with Crippen LogP contribution in [0.2, 0.25) is 5.02 Å². The van der Waals surface area contributed by atoms with Crippen LogP contribution in [0.25, 0.3) is 0 Å². The highest BCUT2D eigenvalue weighted by atomic mass is 35.5. The third-order valence-corrected chi connectivity index (χ3v) is 5.85. The van der Waals surface area contributed by atoms with Crippen LogP contribution in [0.3, 0.4) is 0 Å². The quantitative estimate of drug-likeness (QED) is 0.834. The van der Waals surface area contributed by atoms with Crippen LogP contribution in [-0.2, 0) is 11.2 Å². The summed E-state index contributed by atoms with van der Waals surface area (Å²) in [5, 5.41) is 4.49. The monoisotopic (exact) mass is 386 g/mol. The second-order valence-corrected chi connectivity index (χ2v) is 7.76. The SMILES string of the molecule is COc1ccc(N2CCNC(CCC3OCCc4cc(Cl)ccc43)C2)cc1. The Bertz CT molecular complexity index is 765. The molecule has 2 aliphatic rings. The number of nitrogens with one attached hydrogen (secondary N) is 1. The normalized spacial score (nSPS) is 22.4. The maximum Gasteiger partial charge on any atom is 0.119 e. The number of rotatable bonds is 5. The molecule has 5 heteroatoms. The first kappa shape index (κ1) is 18.6. The van der Waals surface area contributed by atoms with E-state index >= 15 is 0 Å². The van der Waals surface area contributed by atoms with E-state index in [4.69, 9.17) is 21.1 Å². The molecule has 0 aliphatic carbocycles. The maximum absolute atomic E-state index is 6.15. The molecule has 27 heavy (non-hydrogen) atoms. The Balaban J connectivity index is 1.36. The second kappa shape index (κ2) is 8.51. The molecule has 2 aromatic rings. The smallest absolute Gasteiger partial charge is 0.119 e. The minimum Gasteiger partial charge on any atom is -0.497 e. The lowest BCUT2D eigenvalue weighted by atomic mass is 9.93. The van der Waals surface area contributed by atoms with Crippen molar-refractivity contribution in [2.24, 2.45) is 0 Å². The van der Waals surface area contributed by atoms with Gasteiger partial charge in [-0.2, -0.15) is 0 Å². The molecular formula is C22H27ClN2O2. The molecule has 4 rings (SSSR count). The van der Waals surface area contributed by atoms with Gasteiger partial charge in [0.1, 0.15) is 5.75 Å². The van der Waals surface area contributed by atoms with Crippen LogP contribution in [0.5, 0.6) is 5.75 Å². The number of anilines is 1. The van der Waals surface area contributed by atoms with Gasteiger partial charge in [-0.3, -0.25) is 0 Å². The van der Waals surface area contributed by atoms with Gasteiger partial charge in [-0.25, -0.2) is 0 Å². The van der Waals surface area contributed by atoms with Crippen LogP contribution in [0.15, 0.2) is 42.5 Å². The van der Waals surface area contributed by atoms with Crippen LogP contribution >= 0.6 is 11.6 Å². The lowest BCUT2D eigenvalue weighted by molar-refractivity contribution is 0.0333. The number of nitrogens with zero attached hydrogens (tertiary/aromatic N) is 1. The predicted octanol–water partition coefficient (Wildman–Crippen LogP) is 4.22. The molecule has 0 amide bonds. The summed E-state index contributed by atoms with van der Waals surface area (Å²) < 4.78 is 11.3. The van der Waals surface area contributed by atoms with Gasteiger partial charge in [0.05, 0.1) is 19.8 Å². The summed E-state index contributed by atoms with van der Waals surface area (Å²) in [6.07, 6.45) is 3.27. The number of ether oxygens (including phenoxy) is 2. The minimum absolute atomic E-state index is 0.184. The van der Waals surface area contributed by atoms with E-state index in [-0.39, 0.29) is 6.10 Å². The van der Waals surface area contributed by atoms with Crippen molar-refractivity contribution in [1.29, 1.82) is 0 Å². The van der Waals surface area contributed by atoms with E-state index in [0.717, 1.165) is 56.3 Å². The van der Waals surface area contributed by atoms with Gasteiger partial charge in [0.25, 0.3) is 0 Å². The fraction of sp³-hybridized carbons (Fsp3) is 0.455. The lowest BCUT2D eigenvalue weighted by Gasteiger charge is -2.36. The Morgan fingerprint density at radius 3 is 2.85 bits per heavy atom.